The normalized spacial score (nSPS) is 26.6. The molecule has 0 aliphatic heterocycles. The number of carboxylic acids is 2. The van der Waals surface area contributed by atoms with Gasteiger partial charge in [-0.05, 0) is 24.8 Å². The molecule has 0 saturated carbocycles. The third-order valence-electron chi connectivity index (χ3n) is 4.02. The fraction of sp³-hybridized carbons (Fsp3) is 0.600. The van der Waals surface area contributed by atoms with E-state index in [1.807, 2.05) is 20.8 Å². The topological polar surface area (TPSA) is 74.6 Å². The van der Waals surface area contributed by atoms with E-state index in [1.54, 1.807) is 12.2 Å². The molecule has 2 N–H and O–H groups in total. The van der Waals surface area contributed by atoms with Gasteiger partial charge in [-0.2, -0.15) is 0 Å². The van der Waals surface area contributed by atoms with Crippen molar-refractivity contribution in [2.45, 2.75) is 46.5 Å². The van der Waals surface area contributed by atoms with Gasteiger partial charge in [0, 0.05) is 5.41 Å². The van der Waals surface area contributed by atoms with Crippen LogP contribution in [0.25, 0.3) is 0 Å². The standard InChI is InChI=1S/C15H22O4/c1-4-6-7-10-11(13(16)17)8-9-15(3,5-2)12(10)14(18)19/h8-9,12H,4-7H2,1-3H3,(H,16,17)(H,18,19). The summed E-state index contributed by atoms with van der Waals surface area (Å²) in [4.78, 5) is 22.9. The minimum atomic E-state index is -1.04. The smallest absolute Gasteiger partial charge is 0.335 e. The van der Waals surface area contributed by atoms with Crippen LogP contribution in [0.1, 0.15) is 46.5 Å². The van der Waals surface area contributed by atoms with Gasteiger partial charge >= 0.3 is 11.9 Å². The number of carboxylic acid groups (broad SMARTS) is 2. The van der Waals surface area contributed by atoms with Gasteiger partial charge in [0.25, 0.3) is 0 Å². The predicted molar refractivity (Wildman–Crippen MR) is 72.9 cm³/mol. The molecular formula is C15H22O4. The molecule has 0 aromatic rings. The molecular weight excluding hydrogens is 244 g/mol. The van der Waals surface area contributed by atoms with Crippen molar-refractivity contribution in [3.63, 3.8) is 0 Å². The van der Waals surface area contributed by atoms with E-state index in [0.717, 1.165) is 12.8 Å². The summed E-state index contributed by atoms with van der Waals surface area (Å²) >= 11 is 0. The first-order valence-electron chi connectivity index (χ1n) is 6.75. The average molecular weight is 266 g/mol. The molecule has 1 aliphatic carbocycles. The zero-order chi connectivity index (χ0) is 14.6. The van der Waals surface area contributed by atoms with Gasteiger partial charge in [0.1, 0.15) is 0 Å². The molecule has 0 radical (unpaired) electrons. The largest absolute Gasteiger partial charge is 0.481 e. The van der Waals surface area contributed by atoms with Crippen molar-refractivity contribution >= 4 is 11.9 Å². The van der Waals surface area contributed by atoms with Gasteiger partial charge < -0.3 is 10.2 Å². The first-order valence-corrected chi connectivity index (χ1v) is 6.75. The van der Waals surface area contributed by atoms with E-state index in [9.17, 15) is 19.8 Å². The Morgan fingerprint density at radius 3 is 2.37 bits per heavy atom. The van der Waals surface area contributed by atoms with E-state index < -0.39 is 23.3 Å². The number of rotatable bonds is 6. The number of allylic oxidation sites excluding steroid dienone is 1. The van der Waals surface area contributed by atoms with Crippen LogP contribution >= 0.6 is 0 Å². The van der Waals surface area contributed by atoms with Gasteiger partial charge in [0.2, 0.25) is 0 Å². The van der Waals surface area contributed by atoms with E-state index in [4.69, 9.17) is 0 Å². The van der Waals surface area contributed by atoms with E-state index in [2.05, 4.69) is 0 Å². The quantitative estimate of drug-likeness (QED) is 0.774. The molecule has 4 heteroatoms. The van der Waals surface area contributed by atoms with Crippen molar-refractivity contribution in [2.75, 3.05) is 0 Å². The Hall–Kier alpha value is -1.58. The summed E-state index contributed by atoms with van der Waals surface area (Å²) in [6, 6.07) is 0. The molecule has 0 spiro atoms. The Labute approximate surface area is 113 Å². The molecule has 0 aromatic carbocycles. The lowest BCUT2D eigenvalue weighted by molar-refractivity contribution is -0.143. The molecule has 4 nitrogen and oxygen atoms in total. The second-order valence-electron chi connectivity index (χ2n) is 5.31. The summed E-state index contributed by atoms with van der Waals surface area (Å²) in [5.41, 5.74) is 0.217. The third kappa shape index (κ3) is 3.06. The average Bonchev–Trinajstić information content (AvgIpc) is 2.35. The molecule has 0 saturated heterocycles. The summed E-state index contributed by atoms with van der Waals surface area (Å²) in [7, 11) is 0. The molecule has 0 heterocycles. The summed E-state index contributed by atoms with van der Waals surface area (Å²) in [6.45, 7) is 5.82. The summed E-state index contributed by atoms with van der Waals surface area (Å²) in [5.74, 6) is -2.70. The van der Waals surface area contributed by atoms with Crippen molar-refractivity contribution in [1.29, 1.82) is 0 Å². The Bertz CT molecular complexity index is 433. The van der Waals surface area contributed by atoms with Crippen LogP contribution in [0.3, 0.4) is 0 Å². The molecule has 0 aromatic heterocycles. The lowest BCUT2D eigenvalue weighted by Crippen LogP contribution is -2.36. The molecule has 2 atom stereocenters. The highest BCUT2D eigenvalue weighted by molar-refractivity contribution is 5.93. The first-order chi connectivity index (χ1) is 8.87. The van der Waals surface area contributed by atoms with Crippen LogP contribution in [-0.2, 0) is 9.59 Å². The maximum atomic E-state index is 11.6. The highest BCUT2D eigenvalue weighted by Crippen LogP contribution is 2.44. The summed E-state index contributed by atoms with van der Waals surface area (Å²) < 4.78 is 0. The maximum absolute atomic E-state index is 11.6. The van der Waals surface area contributed by atoms with Crippen LogP contribution in [-0.4, -0.2) is 22.2 Å². The molecule has 1 rings (SSSR count). The van der Waals surface area contributed by atoms with Gasteiger partial charge in [-0.15, -0.1) is 0 Å². The molecule has 19 heavy (non-hydrogen) atoms. The van der Waals surface area contributed by atoms with Crippen molar-refractivity contribution in [1.82, 2.24) is 0 Å². The van der Waals surface area contributed by atoms with E-state index in [0.29, 0.717) is 18.4 Å². The first kappa shape index (κ1) is 15.5. The lowest BCUT2D eigenvalue weighted by atomic mass is 9.66. The highest BCUT2D eigenvalue weighted by Gasteiger charge is 2.42. The van der Waals surface area contributed by atoms with E-state index >= 15 is 0 Å². The van der Waals surface area contributed by atoms with Gasteiger partial charge in [0.15, 0.2) is 0 Å². The van der Waals surface area contributed by atoms with Crippen molar-refractivity contribution in [3.05, 3.63) is 23.3 Å². The Morgan fingerprint density at radius 1 is 1.32 bits per heavy atom. The lowest BCUT2D eigenvalue weighted by Gasteiger charge is -2.36. The monoisotopic (exact) mass is 266 g/mol. The predicted octanol–water partition coefficient (Wildman–Crippen LogP) is 3.24. The van der Waals surface area contributed by atoms with E-state index in [1.165, 1.54) is 0 Å². The van der Waals surface area contributed by atoms with Crippen LogP contribution in [0.15, 0.2) is 23.3 Å². The Kier molecular flexibility index (Phi) is 4.92. The fourth-order valence-corrected chi connectivity index (χ4v) is 2.64. The Balaban J connectivity index is 3.31. The fourth-order valence-electron chi connectivity index (χ4n) is 2.64. The van der Waals surface area contributed by atoms with Crippen molar-refractivity contribution < 1.29 is 19.8 Å². The number of aliphatic carboxylic acids is 2. The second kappa shape index (κ2) is 6.04. The number of hydrogen-bond acceptors (Lipinski definition) is 2. The van der Waals surface area contributed by atoms with E-state index in [-0.39, 0.29) is 5.57 Å². The zero-order valence-corrected chi connectivity index (χ0v) is 11.8. The van der Waals surface area contributed by atoms with Gasteiger partial charge in [-0.3, -0.25) is 4.79 Å². The number of unbranched alkanes of at least 4 members (excludes halogenated alkanes) is 1. The molecule has 0 amide bonds. The molecule has 2 unspecified atom stereocenters. The second-order valence-corrected chi connectivity index (χ2v) is 5.31. The Morgan fingerprint density at radius 2 is 1.95 bits per heavy atom. The SMILES string of the molecule is CCCCC1=C(C(=O)O)C=CC(C)(CC)C1C(=O)O. The van der Waals surface area contributed by atoms with Gasteiger partial charge in [0.05, 0.1) is 11.5 Å². The zero-order valence-electron chi connectivity index (χ0n) is 11.8. The van der Waals surface area contributed by atoms with Crippen molar-refractivity contribution in [2.24, 2.45) is 11.3 Å². The van der Waals surface area contributed by atoms with Crippen LogP contribution in [0.2, 0.25) is 0 Å². The third-order valence-corrected chi connectivity index (χ3v) is 4.02. The van der Waals surface area contributed by atoms with Crippen LogP contribution in [0, 0.1) is 11.3 Å². The van der Waals surface area contributed by atoms with Gasteiger partial charge in [-0.1, -0.05) is 39.3 Å². The van der Waals surface area contributed by atoms with Crippen molar-refractivity contribution in [3.8, 4) is 0 Å². The summed E-state index contributed by atoms with van der Waals surface area (Å²) in [5, 5.41) is 18.8. The minimum Gasteiger partial charge on any atom is -0.481 e. The number of carbonyl (C=O) groups is 2. The minimum absolute atomic E-state index is 0.159. The number of hydrogen-bond donors (Lipinski definition) is 2. The molecule has 1 aliphatic rings. The van der Waals surface area contributed by atoms with Crippen LogP contribution in [0.5, 0.6) is 0 Å². The maximum Gasteiger partial charge on any atom is 0.335 e. The molecule has 0 fully saturated rings. The van der Waals surface area contributed by atoms with Crippen LogP contribution in [0.4, 0.5) is 0 Å². The highest BCUT2D eigenvalue weighted by atomic mass is 16.4. The molecule has 106 valence electrons. The van der Waals surface area contributed by atoms with Crippen LogP contribution < -0.4 is 0 Å². The van der Waals surface area contributed by atoms with Gasteiger partial charge in [-0.25, -0.2) is 4.79 Å². The molecule has 0 bridgehead atoms. The summed E-state index contributed by atoms with van der Waals surface area (Å²) in [6.07, 6.45) is 6.25.